The molecule has 2 N–H and O–H groups in total. The summed E-state index contributed by atoms with van der Waals surface area (Å²) in [5.41, 5.74) is -2.12. The van der Waals surface area contributed by atoms with Crippen molar-refractivity contribution in [3.8, 4) is 17.0 Å². The zero-order valence-corrected chi connectivity index (χ0v) is 15.6. The summed E-state index contributed by atoms with van der Waals surface area (Å²) in [6, 6.07) is 6.89. The third-order valence-corrected chi connectivity index (χ3v) is 4.63. The molecule has 1 atom stereocenters. The largest absolute Gasteiger partial charge is 0.477 e. The molecule has 1 aromatic heterocycles. The zero-order chi connectivity index (χ0) is 21.2. The van der Waals surface area contributed by atoms with Crippen molar-refractivity contribution in [2.24, 2.45) is 5.92 Å². The smallest absolute Gasteiger partial charge is 0.418 e. The van der Waals surface area contributed by atoms with Crippen LogP contribution in [0.25, 0.3) is 11.1 Å². The van der Waals surface area contributed by atoms with E-state index in [9.17, 15) is 27.5 Å². The number of carbonyl (C=O) groups excluding carboxylic acids is 1. The Kier molecular flexibility index (Phi) is 5.79. The van der Waals surface area contributed by atoms with Crippen LogP contribution in [0.15, 0.2) is 36.5 Å². The van der Waals surface area contributed by atoms with Crippen molar-refractivity contribution in [1.29, 1.82) is 0 Å². The molecule has 29 heavy (non-hydrogen) atoms. The van der Waals surface area contributed by atoms with Gasteiger partial charge in [-0.1, -0.05) is 12.1 Å². The SMILES string of the molecule is CC(O)(CNC(=O)c1cnc(OCC2CC2)c(-c2ccc(F)cc2)c1)C(F)(F)F. The molecule has 156 valence electrons. The first-order valence-corrected chi connectivity index (χ1v) is 9.03. The van der Waals surface area contributed by atoms with Gasteiger partial charge in [-0.05, 0) is 49.4 Å². The first kappa shape index (κ1) is 21.0. The van der Waals surface area contributed by atoms with Gasteiger partial charge < -0.3 is 15.2 Å². The molecule has 3 rings (SSSR count). The van der Waals surface area contributed by atoms with E-state index in [-0.39, 0.29) is 11.4 Å². The second-order valence-electron chi connectivity index (χ2n) is 7.29. The highest BCUT2D eigenvalue weighted by molar-refractivity contribution is 5.95. The minimum atomic E-state index is -4.89. The molecule has 5 nitrogen and oxygen atoms in total. The average molecular weight is 412 g/mol. The zero-order valence-electron chi connectivity index (χ0n) is 15.6. The van der Waals surface area contributed by atoms with Crippen LogP contribution in [0.5, 0.6) is 5.88 Å². The average Bonchev–Trinajstić information content (AvgIpc) is 3.48. The molecule has 1 saturated carbocycles. The van der Waals surface area contributed by atoms with Gasteiger partial charge in [0.25, 0.3) is 5.91 Å². The lowest BCUT2D eigenvalue weighted by atomic mass is 10.0. The van der Waals surface area contributed by atoms with E-state index in [0.29, 0.717) is 30.6 Å². The Labute approximate surface area is 164 Å². The van der Waals surface area contributed by atoms with Gasteiger partial charge in [0.05, 0.1) is 18.7 Å². The minimum Gasteiger partial charge on any atom is -0.477 e. The fourth-order valence-corrected chi connectivity index (χ4v) is 2.46. The lowest BCUT2D eigenvalue weighted by molar-refractivity contribution is -0.249. The standard InChI is InChI=1S/C20H20F4N2O3/c1-19(28,20(22,23)24)11-26-17(27)14-8-16(13-4-6-15(21)7-5-13)18(25-9-14)29-10-12-2-3-12/h4-9,12,28H,2-3,10-11H2,1H3,(H,26,27). The van der Waals surface area contributed by atoms with Crippen molar-refractivity contribution >= 4 is 5.91 Å². The van der Waals surface area contributed by atoms with Gasteiger partial charge in [0, 0.05) is 11.8 Å². The molecule has 1 aliphatic rings. The quantitative estimate of drug-likeness (QED) is 0.680. The molecule has 1 fully saturated rings. The van der Waals surface area contributed by atoms with Gasteiger partial charge in [0.1, 0.15) is 5.82 Å². The van der Waals surface area contributed by atoms with Crippen molar-refractivity contribution in [3.63, 3.8) is 0 Å². The number of carbonyl (C=O) groups is 1. The number of pyridine rings is 1. The van der Waals surface area contributed by atoms with E-state index in [1.54, 1.807) is 0 Å². The number of rotatable bonds is 7. The second kappa shape index (κ2) is 7.98. The summed E-state index contributed by atoms with van der Waals surface area (Å²) < 4.78 is 57.2. The van der Waals surface area contributed by atoms with E-state index in [2.05, 4.69) is 10.3 Å². The van der Waals surface area contributed by atoms with Crippen molar-refractivity contribution in [2.45, 2.75) is 31.5 Å². The van der Waals surface area contributed by atoms with Crippen molar-refractivity contribution in [1.82, 2.24) is 10.3 Å². The summed E-state index contributed by atoms with van der Waals surface area (Å²) >= 11 is 0. The number of nitrogens with zero attached hydrogens (tertiary/aromatic N) is 1. The van der Waals surface area contributed by atoms with Crippen LogP contribution < -0.4 is 10.1 Å². The lowest BCUT2D eigenvalue weighted by Gasteiger charge is -2.26. The summed E-state index contributed by atoms with van der Waals surface area (Å²) in [6.07, 6.45) is -1.58. The van der Waals surface area contributed by atoms with Crippen molar-refractivity contribution in [3.05, 3.63) is 47.9 Å². The summed E-state index contributed by atoms with van der Waals surface area (Å²) in [5.74, 6) is -0.572. The molecule has 1 heterocycles. The monoisotopic (exact) mass is 412 g/mol. The summed E-state index contributed by atoms with van der Waals surface area (Å²) in [4.78, 5) is 16.4. The van der Waals surface area contributed by atoms with Crippen LogP contribution in [-0.4, -0.2) is 40.9 Å². The fraction of sp³-hybridized carbons (Fsp3) is 0.400. The van der Waals surface area contributed by atoms with E-state index >= 15 is 0 Å². The van der Waals surface area contributed by atoms with Gasteiger partial charge in [-0.3, -0.25) is 4.79 Å². The van der Waals surface area contributed by atoms with Crippen LogP contribution in [0.3, 0.4) is 0 Å². The normalized spacial score (nSPS) is 16.2. The summed E-state index contributed by atoms with van der Waals surface area (Å²) in [7, 11) is 0. The predicted molar refractivity (Wildman–Crippen MR) is 96.9 cm³/mol. The topological polar surface area (TPSA) is 71.5 Å². The Hall–Kier alpha value is -2.68. The van der Waals surface area contributed by atoms with Gasteiger partial charge in [0.15, 0.2) is 5.60 Å². The molecule has 1 aromatic carbocycles. The van der Waals surface area contributed by atoms with Crippen molar-refractivity contribution in [2.75, 3.05) is 13.2 Å². The predicted octanol–water partition coefficient (Wildman–Crippen LogP) is 3.72. The Bertz CT molecular complexity index is 878. The molecule has 1 amide bonds. The number of aliphatic hydroxyl groups is 1. The summed E-state index contributed by atoms with van der Waals surface area (Å²) in [6.45, 7) is 0.0205. The molecule has 0 aliphatic heterocycles. The minimum absolute atomic E-state index is 0.0129. The van der Waals surface area contributed by atoms with Crippen LogP contribution in [0.2, 0.25) is 0 Å². The highest BCUT2D eigenvalue weighted by Gasteiger charge is 2.49. The lowest BCUT2D eigenvalue weighted by Crippen LogP contribution is -2.51. The van der Waals surface area contributed by atoms with Gasteiger partial charge in [0.2, 0.25) is 5.88 Å². The van der Waals surface area contributed by atoms with Crippen LogP contribution in [0.4, 0.5) is 17.6 Å². The first-order chi connectivity index (χ1) is 13.6. The molecule has 2 aromatic rings. The molecular weight excluding hydrogens is 392 g/mol. The summed E-state index contributed by atoms with van der Waals surface area (Å²) in [5, 5.41) is 11.5. The number of hydrogen-bond donors (Lipinski definition) is 2. The van der Waals surface area contributed by atoms with Crippen LogP contribution in [-0.2, 0) is 0 Å². The molecular formula is C20H20F4N2O3. The third kappa shape index (κ3) is 5.23. The number of aromatic nitrogens is 1. The highest BCUT2D eigenvalue weighted by atomic mass is 19.4. The first-order valence-electron chi connectivity index (χ1n) is 9.03. The fourth-order valence-electron chi connectivity index (χ4n) is 2.46. The number of halogens is 4. The number of nitrogens with one attached hydrogen (secondary N) is 1. The van der Waals surface area contributed by atoms with E-state index < -0.39 is 30.0 Å². The molecule has 1 unspecified atom stereocenters. The number of benzene rings is 1. The van der Waals surface area contributed by atoms with Crippen LogP contribution in [0.1, 0.15) is 30.1 Å². The van der Waals surface area contributed by atoms with E-state index in [4.69, 9.17) is 4.74 Å². The van der Waals surface area contributed by atoms with Gasteiger partial charge in [-0.15, -0.1) is 0 Å². The number of hydrogen-bond acceptors (Lipinski definition) is 4. The van der Waals surface area contributed by atoms with Gasteiger partial charge in [-0.25, -0.2) is 9.37 Å². The number of ether oxygens (including phenoxy) is 1. The molecule has 9 heteroatoms. The Morgan fingerprint density at radius 3 is 2.52 bits per heavy atom. The van der Waals surface area contributed by atoms with Gasteiger partial charge >= 0.3 is 6.18 Å². The third-order valence-electron chi connectivity index (χ3n) is 4.63. The Balaban J connectivity index is 1.82. The number of amides is 1. The second-order valence-corrected chi connectivity index (χ2v) is 7.29. The molecule has 0 saturated heterocycles. The Morgan fingerprint density at radius 1 is 1.28 bits per heavy atom. The van der Waals surface area contributed by atoms with Crippen LogP contribution >= 0.6 is 0 Å². The van der Waals surface area contributed by atoms with E-state index in [1.807, 2.05) is 0 Å². The highest BCUT2D eigenvalue weighted by Crippen LogP contribution is 2.33. The van der Waals surface area contributed by atoms with Gasteiger partial charge in [-0.2, -0.15) is 13.2 Å². The molecule has 0 bridgehead atoms. The number of alkyl halides is 3. The molecule has 0 spiro atoms. The maximum Gasteiger partial charge on any atom is 0.418 e. The van der Waals surface area contributed by atoms with E-state index in [1.165, 1.54) is 36.5 Å². The van der Waals surface area contributed by atoms with E-state index in [0.717, 1.165) is 12.8 Å². The van der Waals surface area contributed by atoms with Crippen molar-refractivity contribution < 1.29 is 32.2 Å². The Morgan fingerprint density at radius 2 is 1.93 bits per heavy atom. The molecule has 0 radical (unpaired) electrons. The van der Waals surface area contributed by atoms with Crippen LogP contribution in [0, 0.1) is 11.7 Å². The molecule has 1 aliphatic carbocycles. The maximum absolute atomic E-state index is 13.3. The maximum atomic E-state index is 13.3.